The molecule has 0 radical (unpaired) electrons. The molecule has 0 atom stereocenters. The fourth-order valence-electron chi connectivity index (χ4n) is 1.74. The molecule has 0 bridgehead atoms. The zero-order chi connectivity index (χ0) is 13.8. The van der Waals surface area contributed by atoms with Gasteiger partial charge in [0, 0.05) is 12.1 Å². The number of rotatable bonds is 3. The Morgan fingerprint density at radius 2 is 2.05 bits per heavy atom. The lowest BCUT2D eigenvalue weighted by atomic mass is 10.1. The highest BCUT2D eigenvalue weighted by atomic mass is 19.1. The van der Waals surface area contributed by atoms with Crippen LogP contribution < -0.4 is 5.32 Å². The molecule has 0 unspecified atom stereocenters. The van der Waals surface area contributed by atoms with Gasteiger partial charge < -0.3 is 10.4 Å². The fraction of sp³-hybridized carbons (Fsp3) is 0.133. The summed E-state index contributed by atoms with van der Waals surface area (Å²) in [7, 11) is 0. The van der Waals surface area contributed by atoms with Crippen molar-refractivity contribution in [3.8, 4) is 5.75 Å². The van der Waals surface area contributed by atoms with Crippen molar-refractivity contribution in [2.24, 2.45) is 0 Å². The molecule has 0 saturated heterocycles. The van der Waals surface area contributed by atoms with Crippen LogP contribution >= 0.6 is 0 Å². The summed E-state index contributed by atoms with van der Waals surface area (Å²) in [5.41, 5.74) is 1.65. The summed E-state index contributed by atoms with van der Waals surface area (Å²) in [5, 5.41) is 12.0. The third-order valence-electron chi connectivity index (χ3n) is 2.78. The van der Waals surface area contributed by atoms with Crippen molar-refractivity contribution in [1.29, 1.82) is 0 Å². The number of halogens is 1. The molecule has 3 nitrogen and oxygen atoms in total. The molecule has 98 valence electrons. The molecule has 4 heteroatoms. The van der Waals surface area contributed by atoms with Crippen molar-refractivity contribution < 1.29 is 14.3 Å². The molecule has 0 aliphatic heterocycles. The largest absolute Gasteiger partial charge is 0.508 e. The number of phenolic OH excluding ortho intramolecular Hbond substituents is 1. The van der Waals surface area contributed by atoms with E-state index in [0.717, 1.165) is 5.56 Å². The van der Waals surface area contributed by atoms with Crippen LogP contribution in [-0.2, 0) is 6.54 Å². The zero-order valence-corrected chi connectivity index (χ0v) is 10.5. The van der Waals surface area contributed by atoms with Crippen LogP contribution in [0.3, 0.4) is 0 Å². The molecule has 0 heterocycles. The van der Waals surface area contributed by atoms with E-state index in [-0.39, 0.29) is 17.5 Å². The van der Waals surface area contributed by atoms with Gasteiger partial charge in [-0.05, 0) is 48.4 Å². The van der Waals surface area contributed by atoms with Crippen molar-refractivity contribution >= 4 is 5.91 Å². The predicted molar refractivity (Wildman–Crippen MR) is 70.4 cm³/mol. The number of carbonyl (C=O) groups excluding carboxylic acids is 1. The van der Waals surface area contributed by atoms with E-state index >= 15 is 0 Å². The van der Waals surface area contributed by atoms with Crippen molar-refractivity contribution in [1.82, 2.24) is 5.32 Å². The Morgan fingerprint density at radius 3 is 2.74 bits per heavy atom. The van der Waals surface area contributed by atoms with Gasteiger partial charge in [-0.15, -0.1) is 0 Å². The van der Waals surface area contributed by atoms with Gasteiger partial charge in [0.25, 0.3) is 5.91 Å². The minimum absolute atomic E-state index is 0.157. The molecule has 0 aliphatic rings. The summed E-state index contributed by atoms with van der Waals surface area (Å²) < 4.78 is 13.1. The zero-order valence-electron chi connectivity index (χ0n) is 10.5. The minimum Gasteiger partial charge on any atom is -0.508 e. The molecule has 0 fully saturated rings. The van der Waals surface area contributed by atoms with Gasteiger partial charge in [0.2, 0.25) is 0 Å². The maximum Gasteiger partial charge on any atom is 0.251 e. The number of aromatic hydroxyl groups is 1. The molecule has 2 rings (SSSR count). The molecule has 2 aromatic carbocycles. The Balaban J connectivity index is 2.03. The summed E-state index contributed by atoms with van der Waals surface area (Å²) in [6, 6.07) is 10.9. The summed E-state index contributed by atoms with van der Waals surface area (Å²) in [6.45, 7) is 1.92. The molecule has 0 aliphatic carbocycles. The first-order valence-corrected chi connectivity index (χ1v) is 5.88. The predicted octanol–water partition coefficient (Wildman–Crippen LogP) is 2.77. The topological polar surface area (TPSA) is 49.3 Å². The quantitative estimate of drug-likeness (QED) is 0.890. The van der Waals surface area contributed by atoms with Crippen molar-refractivity contribution in [2.45, 2.75) is 13.5 Å². The maximum atomic E-state index is 13.1. The van der Waals surface area contributed by atoms with Crippen molar-refractivity contribution in [3.63, 3.8) is 0 Å². The lowest BCUT2D eigenvalue weighted by Gasteiger charge is -2.07. The lowest BCUT2D eigenvalue weighted by Crippen LogP contribution is -2.22. The van der Waals surface area contributed by atoms with Gasteiger partial charge in [-0.2, -0.15) is 0 Å². The van der Waals surface area contributed by atoms with Gasteiger partial charge in [-0.25, -0.2) is 4.39 Å². The van der Waals surface area contributed by atoms with Gasteiger partial charge in [0.1, 0.15) is 11.6 Å². The Hall–Kier alpha value is -2.36. The standard InChI is InChI=1S/C15H14FNO2/c1-10-7-12(5-6-14(10)16)15(19)17-9-11-3-2-4-13(18)8-11/h2-8,18H,9H2,1H3,(H,17,19). The van der Waals surface area contributed by atoms with Crippen molar-refractivity contribution in [3.05, 3.63) is 65.0 Å². The Bertz CT molecular complexity index is 611. The van der Waals surface area contributed by atoms with Gasteiger partial charge in [0.05, 0.1) is 0 Å². The second-order valence-corrected chi connectivity index (χ2v) is 4.32. The number of benzene rings is 2. The molecule has 19 heavy (non-hydrogen) atoms. The maximum absolute atomic E-state index is 13.1. The van der Waals surface area contributed by atoms with E-state index in [4.69, 9.17) is 0 Å². The van der Waals surface area contributed by atoms with Crippen LogP contribution in [0.25, 0.3) is 0 Å². The first kappa shape index (κ1) is 13.1. The highest BCUT2D eigenvalue weighted by molar-refractivity contribution is 5.94. The molecule has 1 amide bonds. The number of phenols is 1. The van der Waals surface area contributed by atoms with Crippen LogP contribution in [0.1, 0.15) is 21.5 Å². The third kappa shape index (κ3) is 3.31. The molecular formula is C15H14FNO2. The van der Waals surface area contributed by atoms with Crippen LogP contribution in [-0.4, -0.2) is 11.0 Å². The summed E-state index contributed by atoms with van der Waals surface area (Å²) in [4.78, 5) is 11.9. The Morgan fingerprint density at radius 1 is 1.26 bits per heavy atom. The number of hydrogen-bond acceptors (Lipinski definition) is 2. The van der Waals surface area contributed by atoms with E-state index in [1.807, 2.05) is 0 Å². The van der Waals surface area contributed by atoms with E-state index < -0.39 is 0 Å². The van der Waals surface area contributed by atoms with E-state index in [0.29, 0.717) is 17.7 Å². The summed E-state index contributed by atoms with van der Waals surface area (Å²) in [6.07, 6.45) is 0. The summed E-state index contributed by atoms with van der Waals surface area (Å²) >= 11 is 0. The molecular weight excluding hydrogens is 245 g/mol. The third-order valence-corrected chi connectivity index (χ3v) is 2.78. The molecule has 0 saturated carbocycles. The van der Waals surface area contributed by atoms with Crippen LogP contribution in [0.15, 0.2) is 42.5 Å². The summed E-state index contributed by atoms with van der Waals surface area (Å²) in [5.74, 6) is -0.444. The van der Waals surface area contributed by atoms with Gasteiger partial charge in [-0.1, -0.05) is 12.1 Å². The fourth-order valence-corrected chi connectivity index (χ4v) is 1.74. The number of nitrogens with one attached hydrogen (secondary N) is 1. The molecule has 0 aromatic heterocycles. The number of carbonyl (C=O) groups is 1. The second-order valence-electron chi connectivity index (χ2n) is 4.32. The number of aryl methyl sites for hydroxylation is 1. The van der Waals surface area contributed by atoms with Gasteiger partial charge in [0.15, 0.2) is 0 Å². The molecule has 2 aromatic rings. The lowest BCUT2D eigenvalue weighted by molar-refractivity contribution is 0.0950. The van der Waals surface area contributed by atoms with E-state index in [1.54, 1.807) is 31.2 Å². The van der Waals surface area contributed by atoms with Crippen molar-refractivity contribution in [2.75, 3.05) is 0 Å². The van der Waals surface area contributed by atoms with E-state index in [9.17, 15) is 14.3 Å². The van der Waals surface area contributed by atoms with Gasteiger partial charge in [-0.3, -0.25) is 4.79 Å². The first-order chi connectivity index (χ1) is 9.06. The monoisotopic (exact) mass is 259 g/mol. The highest BCUT2D eigenvalue weighted by Gasteiger charge is 2.07. The highest BCUT2D eigenvalue weighted by Crippen LogP contribution is 2.12. The Labute approximate surface area is 110 Å². The van der Waals surface area contributed by atoms with E-state index in [1.165, 1.54) is 18.2 Å². The number of hydrogen-bond donors (Lipinski definition) is 2. The normalized spacial score (nSPS) is 10.2. The average Bonchev–Trinajstić information content (AvgIpc) is 2.39. The first-order valence-electron chi connectivity index (χ1n) is 5.88. The Kier molecular flexibility index (Phi) is 3.80. The molecule has 0 spiro atoms. The van der Waals surface area contributed by atoms with Crippen LogP contribution in [0.2, 0.25) is 0 Å². The molecule has 2 N–H and O–H groups in total. The smallest absolute Gasteiger partial charge is 0.251 e. The van der Waals surface area contributed by atoms with Crippen LogP contribution in [0.4, 0.5) is 4.39 Å². The SMILES string of the molecule is Cc1cc(C(=O)NCc2cccc(O)c2)ccc1F. The van der Waals surface area contributed by atoms with E-state index in [2.05, 4.69) is 5.32 Å². The van der Waals surface area contributed by atoms with Crippen LogP contribution in [0.5, 0.6) is 5.75 Å². The van der Waals surface area contributed by atoms with Gasteiger partial charge >= 0.3 is 0 Å². The second kappa shape index (κ2) is 5.52. The van der Waals surface area contributed by atoms with Crippen LogP contribution in [0, 0.1) is 12.7 Å². The number of amides is 1. The minimum atomic E-state index is -0.329. The average molecular weight is 259 g/mol.